The Hall–Kier alpha value is -0.820. The number of rotatable bonds is 3. The molecule has 1 fully saturated rings. The molecule has 0 aliphatic heterocycles. The molecule has 1 aliphatic carbocycles. The number of aliphatic hydroxyl groups excluding tert-OH is 1. The average Bonchev–Trinajstić information content (AvgIpc) is 2.26. The number of hydrogen-bond donors (Lipinski definition) is 1. The third-order valence-electron chi connectivity index (χ3n) is 4.65. The summed E-state index contributed by atoms with van der Waals surface area (Å²) in [5, 5.41) is 10.5. The van der Waals surface area contributed by atoms with Gasteiger partial charge in [0.25, 0.3) is 0 Å². The Bertz CT molecular complexity index is 403. The third-order valence-corrected chi connectivity index (χ3v) is 4.65. The minimum atomic E-state index is -0.169. The van der Waals surface area contributed by atoms with E-state index in [2.05, 4.69) is 45.9 Å². The molecule has 1 unspecified atom stereocenters. The maximum atomic E-state index is 10.5. The Kier molecular flexibility index (Phi) is 4.35. The van der Waals surface area contributed by atoms with Gasteiger partial charge in [0.15, 0.2) is 0 Å². The van der Waals surface area contributed by atoms with Gasteiger partial charge in [-0.25, -0.2) is 0 Å². The van der Waals surface area contributed by atoms with E-state index in [1.807, 2.05) is 0 Å². The summed E-state index contributed by atoms with van der Waals surface area (Å²) in [6.45, 7) is 8.96. The molecular weight excluding hydrogens is 232 g/mol. The molecule has 1 heteroatoms. The highest BCUT2D eigenvalue weighted by molar-refractivity contribution is 5.29. The molecule has 106 valence electrons. The van der Waals surface area contributed by atoms with E-state index in [0.717, 1.165) is 6.42 Å². The predicted molar refractivity (Wildman–Crippen MR) is 81.4 cm³/mol. The second-order valence-electron chi connectivity index (χ2n) is 7.27. The first-order valence-electron chi connectivity index (χ1n) is 7.61. The quantitative estimate of drug-likeness (QED) is 0.852. The minimum Gasteiger partial charge on any atom is -0.392 e. The first kappa shape index (κ1) is 14.6. The van der Waals surface area contributed by atoms with Crippen LogP contribution in [-0.2, 0) is 6.42 Å². The van der Waals surface area contributed by atoms with Gasteiger partial charge < -0.3 is 5.11 Å². The summed E-state index contributed by atoms with van der Waals surface area (Å²) in [7, 11) is 0. The molecule has 19 heavy (non-hydrogen) atoms. The van der Waals surface area contributed by atoms with Crippen LogP contribution in [0.4, 0.5) is 0 Å². The molecule has 2 rings (SSSR count). The molecule has 0 spiro atoms. The lowest BCUT2D eigenvalue weighted by Crippen LogP contribution is -2.30. The zero-order valence-electron chi connectivity index (χ0n) is 12.9. The molecule has 0 aromatic heterocycles. The lowest BCUT2D eigenvalue weighted by atomic mass is 9.71. The van der Waals surface area contributed by atoms with Crippen molar-refractivity contribution in [2.75, 3.05) is 0 Å². The molecule has 0 radical (unpaired) electrons. The van der Waals surface area contributed by atoms with Crippen LogP contribution in [-0.4, -0.2) is 11.2 Å². The Labute approximate surface area is 118 Å². The minimum absolute atomic E-state index is 0.169. The standard InChI is InChI=1S/C18H28O/c1-13-9-14(2)11-15(10-13)12-17(19)16-5-7-18(3,4)8-6-16/h9-11,16-17,19H,5-8,12H2,1-4H3. The van der Waals surface area contributed by atoms with Crippen LogP contribution in [0, 0.1) is 25.2 Å². The van der Waals surface area contributed by atoms with Crippen LogP contribution in [0.25, 0.3) is 0 Å². The van der Waals surface area contributed by atoms with E-state index < -0.39 is 0 Å². The highest BCUT2D eigenvalue weighted by Crippen LogP contribution is 2.39. The van der Waals surface area contributed by atoms with Crippen LogP contribution in [0.15, 0.2) is 18.2 Å². The Balaban J connectivity index is 1.96. The van der Waals surface area contributed by atoms with Gasteiger partial charge >= 0.3 is 0 Å². The van der Waals surface area contributed by atoms with Gasteiger partial charge in [-0.05, 0) is 62.8 Å². The predicted octanol–water partition coefficient (Wildman–Crippen LogP) is 4.42. The summed E-state index contributed by atoms with van der Waals surface area (Å²) in [6.07, 6.45) is 5.51. The van der Waals surface area contributed by atoms with Crippen molar-refractivity contribution in [1.29, 1.82) is 0 Å². The van der Waals surface area contributed by atoms with Gasteiger partial charge in [-0.15, -0.1) is 0 Å². The summed E-state index contributed by atoms with van der Waals surface area (Å²) in [6, 6.07) is 6.62. The van der Waals surface area contributed by atoms with Gasteiger partial charge in [0.1, 0.15) is 0 Å². The summed E-state index contributed by atoms with van der Waals surface area (Å²) in [4.78, 5) is 0. The Morgan fingerprint density at radius 2 is 1.63 bits per heavy atom. The molecule has 0 bridgehead atoms. The molecule has 0 saturated heterocycles. The van der Waals surface area contributed by atoms with Crippen LogP contribution in [0.3, 0.4) is 0 Å². The zero-order chi connectivity index (χ0) is 14.0. The first-order valence-corrected chi connectivity index (χ1v) is 7.61. The van der Waals surface area contributed by atoms with E-state index in [-0.39, 0.29) is 6.10 Å². The smallest absolute Gasteiger partial charge is 0.0608 e. The average molecular weight is 260 g/mol. The Morgan fingerprint density at radius 3 is 2.16 bits per heavy atom. The van der Waals surface area contributed by atoms with E-state index in [1.165, 1.54) is 42.4 Å². The fourth-order valence-corrected chi connectivity index (χ4v) is 3.40. The maximum Gasteiger partial charge on any atom is 0.0608 e. The van der Waals surface area contributed by atoms with Crippen LogP contribution < -0.4 is 0 Å². The maximum absolute atomic E-state index is 10.5. The van der Waals surface area contributed by atoms with E-state index in [9.17, 15) is 5.11 Å². The Morgan fingerprint density at radius 1 is 1.11 bits per heavy atom. The van der Waals surface area contributed by atoms with Crippen molar-refractivity contribution in [3.05, 3.63) is 34.9 Å². The summed E-state index contributed by atoms with van der Waals surface area (Å²) >= 11 is 0. The van der Waals surface area contributed by atoms with E-state index in [4.69, 9.17) is 0 Å². The number of aliphatic hydroxyl groups is 1. The van der Waals surface area contributed by atoms with Gasteiger partial charge in [-0.3, -0.25) is 0 Å². The third kappa shape index (κ3) is 4.07. The second kappa shape index (κ2) is 5.66. The number of hydrogen-bond acceptors (Lipinski definition) is 1. The van der Waals surface area contributed by atoms with Crippen LogP contribution in [0.2, 0.25) is 0 Å². The molecule has 0 heterocycles. The molecule has 1 N–H and O–H groups in total. The molecule has 1 aromatic carbocycles. The fraction of sp³-hybridized carbons (Fsp3) is 0.667. The van der Waals surface area contributed by atoms with Gasteiger partial charge in [0, 0.05) is 0 Å². The van der Waals surface area contributed by atoms with Gasteiger partial charge in [0.2, 0.25) is 0 Å². The molecule has 1 aliphatic rings. The van der Waals surface area contributed by atoms with Crippen molar-refractivity contribution >= 4 is 0 Å². The van der Waals surface area contributed by atoms with Crippen LogP contribution in [0.1, 0.15) is 56.2 Å². The van der Waals surface area contributed by atoms with Crippen molar-refractivity contribution in [1.82, 2.24) is 0 Å². The summed E-state index contributed by atoms with van der Waals surface area (Å²) in [5.74, 6) is 0.494. The van der Waals surface area contributed by atoms with Crippen molar-refractivity contribution in [2.45, 2.75) is 65.9 Å². The highest BCUT2D eigenvalue weighted by Gasteiger charge is 2.30. The fourth-order valence-electron chi connectivity index (χ4n) is 3.40. The molecule has 1 saturated carbocycles. The zero-order valence-corrected chi connectivity index (χ0v) is 12.9. The van der Waals surface area contributed by atoms with E-state index in [1.54, 1.807) is 0 Å². The number of benzene rings is 1. The first-order chi connectivity index (χ1) is 8.85. The topological polar surface area (TPSA) is 20.2 Å². The summed E-state index contributed by atoms with van der Waals surface area (Å²) < 4.78 is 0. The molecule has 1 atom stereocenters. The highest BCUT2D eigenvalue weighted by atomic mass is 16.3. The van der Waals surface area contributed by atoms with E-state index in [0.29, 0.717) is 11.3 Å². The second-order valence-corrected chi connectivity index (χ2v) is 7.27. The van der Waals surface area contributed by atoms with Gasteiger partial charge in [0.05, 0.1) is 6.10 Å². The van der Waals surface area contributed by atoms with Crippen LogP contribution in [0.5, 0.6) is 0 Å². The molecule has 0 amide bonds. The van der Waals surface area contributed by atoms with Crippen molar-refractivity contribution in [3.63, 3.8) is 0 Å². The monoisotopic (exact) mass is 260 g/mol. The lowest BCUT2D eigenvalue weighted by molar-refractivity contribution is 0.0576. The van der Waals surface area contributed by atoms with Crippen LogP contribution >= 0.6 is 0 Å². The van der Waals surface area contributed by atoms with Crippen molar-refractivity contribution in [3.8, 4) is 0 Å². The lowest BCUT2D eigenvalue weighted by Gasteiger charge is -2.36. The SMILES string of the molecule is Cc1cc(C)cc(CC(O)C2CCC(C)(C)CC2)c1. The summed E-state index contributed by atoms with van der Waals surface area (Å²) in [5.41, 5.74) is 4.37. The van der Waals surface area contributed by atoms with Gasteiger partial charge in [-0.2, -0.15) is 0 Å². The van der Waals surface area contributed by atoms with Gasteiger partial charge in [-0.1, -0.05) is 43.2 Å². The number of aryl methyl sites for hydroxylation is 2. The van der Waals surface area contributed by atoms with Crippen molar-refractivity contribution in [2.24, 2.45) is 11.3 Å². The molecular formula is C18H28O. The van der Waals surface area contributed by atoms with Crippen molar-refractivity contribution < 1.29 is 5.11 Å². The molecule has 1 aromatic rings. The largest absolute Gasteiger partial charge is 0.392 e. The normalized spacial score (nSPS) is 21.3. The molecule has 1 nitrogen and oxygen atoms in total. The van der Waals surface area contributed by atoms with E-state index >= 15 is 0 Å².